The summed E-state index contributed by atoms with van der Waals surface area (Å²) in [6.07, 6.45) is 2.75. The second-order valence-electron chi connectivity index (χ2n) is 3.87. The van der Waals surface area contributed by atoms with E-state index >= 15 is 0 Å². The van der Waals surface area contributed by atoms with Gasteiger partial charge in [-0.1, -0.05) is 12.1 Å². The molecule has 0 unspecified atom stereocenters. The van der Waals surface area contributed by atoms with Gasteiger partial charge in [0.1, 0.15) is 17.5 Å². The highest BCUT2D eigenvalue weighted by atomic mass is 19.1. The Morgan fingerprint density at radius 3 is 2.58 bits per heavy atom. The van der Waals surface area contributed by atoms with Gasteiger partial charge in [-0.3, -0.25) is 4.79 Å². The Balaban J connectivity index is 2.64. The number of carbonyl (C=O) groups is 1. The summed E-state index contributed by atoms with van der Waals surface area (Å²) in [5, 5.41) is 12.5. The maximum absolute atomic E-state index is 12.6. The fourth-order valence-corrected chi connectivity index (χ4v) is 1.17. The molecule has 0 aliphatic rings. The SMILES string of the molecule is CN(C)/C=C(\C#N)C(=O)N/N=C/c1ccc(F)cc1. The van der Waals surface area contributed by atoms with Crippen molar-refractivity contribution in [2.24, 2.45) is 5.10 Å². The normalized spacial score (nSPS) is 11.2. The third kappa shape index (κ3) is 5.00. The lowest BCUT2D eigenvalue weighted by atomic mass is 10.2. The standard InChI is InChI=1S/C13H13FN4O/c1-18(2)9-11(7-15)13(19)17-16-8-10-3-5-12(14)6-4-10/h3-6,8-9H,1-2H3,(H,17,19)/b11-9+,16-8+. The van der Waals surface area contributed by atoms with Gasteiger partial charge in [-0.2, -0.15) is 10.4 Å². The fraction of sp³-hybridized carbons (Fsp3) is 0.154. The van der Waals surface area contributed by atoms with E-state index in [-0.39, 0.29) is 11.4 Å². The van der Waals surface area contributed by atoms with Gasteiger partial charge < -0.3 is 4.90 Å². The number of benzene rings is 1. The smallest absolute Gasteiger partial charge is 0.283 e. The van der Waals surface area contributed by atoms with E-state index in [4.69, 9.17) is 5.26 Å². The van der Waals surface area contributed by atoms with Crippen LogP contribution in [0.15, 0.2) is 41.1 Å². The number of nitriles is 1. The summed E-state index contributed by atoms with van der Waals surface area (Å²) in [6, 6.07) is 7.39. The van der Waals surface area contributed by atoms with E-state index in [2.05, 4.69) is 10.5 Å². The molecule has 5 nitrogen and oxygen atoms in total. The average molecular weight is 260 g/mol. The zero-order chi connectivity index (χ0) is 14.3. The number of carbonyl (C=O) groups excluding carboxylic acids is 1. The number of hydrogen-bond donors (Lipinski definition) is 1. The number of nitrogens with one attached hydrogen (secondary N) is 1. The van der Waals surface area contributed by atoms with Gasteiger partial charge in [0.15, 0.2) is 0 Å². The van der Waals surface area contributed by atoms with Crippen LogP contribution in [0.25, 0.3) is 0 Å². The largest absolute Gasteiger partial charge is 0.382 e. The first kappa shape index (κ1) is 14.4. The molecule has 0 aliphatic heterocycles. The fourth-order valence-electron chi connectivity index (χ4n) is 1.17. The van der Waals surface area contributed by atoms with Crippen LogP contribution in [0.5, 0.6) is 0 Å². The Morgan fingerprint density at radius 1 is 1.42 bits per heavy atom. The summed E-state index contributed by atoms with van der Waals surface area (Å²) in [6.45, 7) is 0. The number of hydrazone groups is 1. The van der Waals surface area contributed by atoms with Crippen LogP contribution in [-0.2, 0) is 4.79 Å². The molecule has 0 atom stereocenters. The van der Waals surface area contributed by atoms with Gasteiger partial charge in [0, 0.05) is 20.3 Å². The second-order valence-corrected chi connectivity index (χ2v) is 3.87. The van der Waals surface area contributed by atoms with Crippen molar-refractivity contribution in [3.05, 3.63) is 47.4 Å². The molecule has 0 bridgehead atoms. The molecule has 19 heavy (non-hydrogen) atoms. The number of rotatable bonds is 4. The van der Waals surface area contributed by atoms with Gasteiger partial charge >= 0.3 is 0 Å². The van der Waals surface area contributed by atoms with Gasteiger partial charge in [-0.25, -0.2) is 9.82 Å². The molecule has 0 aliphatic carbocycles. The van der Waals surface area contributed by atoms with E-state index in [9.17, 15) is 9.18 Å². The minimum atomic E-state index is -0.602. The van der Waals surface area contributed by atoms with E-state index < -0.39 is 5.91 Å². The summed E-state index contributed by atoms with van der Waals surface area (Å²) in [7, 11) is 3.40. The van der Waals surface area contributed by atoms with E-state index in [1.807, 2.05) is 0 Å². The third-order valence-electron chi connectivity index (χ3n) is 2.00. The first-order chi connectivity index (χ1) is 9.02. The molecule has 1 aromatic carbocycles. The van der Waals surface area contributed by atoms with E-state index in [0.717, 1.165) is 0 Å². The van der Waals surface area contributed by atoms with Gasteiger partial charge in [0.25, 0.3) is 5.91 Å². The lowest BCUT2D eigenvalue weighted by molar-refractivity contribution is -0.117. The molecule has 1 N–H and O–H groups in total. The highest BCUT2D eigenvalue weighted by Crippen LogP contribution is 1.99. The summed E-state index contributed by atoms with van der Waals surface area (Å²) >= 11 is 0. The first-order valence-corrected chi connectivity index (χ1v) is 5.40. The van der Waals surface area contributed by atoms with Crippen molar-refractivity contribution >= 4 is 12.1 Å². The molecule has 0 spiro atoms. The maximum Gasteiger partial charge on any atom is 0.283 e. The molecule has 0 aromatic heterocycles. The van der Waals surface area contributed by atoms with Crippen molar-refractivity contribution in [3.8, 4) is 6.07 Å². The van der Waals surface area contributed by atoms with Crippen molar-refractivity contribution < 1.29 is 9.18 Å². The van der Waals surface area contributed by atoms with Crippen LogP contribution in [0.2, 0.25) is 0 Å². The molecule has 6 heteroatoms. The van der Waals surface area contributed by atoms with Gasteiger partial charge in [-0.05, 0) is 17.7 Å². The molecule has 98 valence electrons. The Hall–Kier alpha value is -2.68. The van der Waals surface area contributed by atoms with Crippen molar-refractivity contribution in [2.45, 2.75) is 0 Å². The minimum absolute atomic E-state index is 0.0544. The topological polar surface area (TPSA) is 68.5 Å². The summed E-state index contributed by atoms with van der Waals surface area (Å²) in [4.78, 5) is 13.1. The van der Waals surface area contributed by atoms with Crippen LogP contribution in [-0.4, -0.2) is 31.1 Å². The zero-order valence-electron chi connectivity index (χ0n) is 10.6. The van der Waals surface area contributed by atoms with E-state index in [1.165, 1.54) is 36.7 Å². The van der Waals surface area contributed by atoms with Crippen LogP contribution in [0.1, 0.15) is 5.56 Å². The van der Waals surface area contributed by atoms with E-state index in [1.54, 1.807) is 25.1 Å². The van der Waals surface area contributed by atoms with Gasteiger partial charge in [-0.15, -0.1) is 0 Å². The lowest BCUT2D eigenvalue weighted by Crippen LogP contribution is -2.20. The summed E-state index contributed by atoms with van der Waals surface area (Å²) in [5.74, 6) is -0.948. The van der Waals surface area contributed by atoms with Crippen molar-refractivity contribution in [1.29, 1.82) is 5.26 Å². The quantitative estimate of drug-likeness (QED) is 0.383. The van der Waals surface area contributed by atoms with Crippen LogP contribution < -0.4 is 5.43 Å². The lowest BCUT2D eigenvalue weighted by Gasteiger charge is -2.05. The molecule has 1 rings (SSSR count). The molecule has 0 saturated heterocycles. The molecule has 0 heterocycles. The predicted molar refractivity (Wildman–Crippen MR) is 69.5 cm³/mol. The van der Waals surface area contributed by atoms with Crippen molar-refractivity contribution in [2.75, 3.05) is 14.1 Å². The molecule has 0 radical (unpaired) electrons. The Bertz CT molecular complexity index is 541. The van der Waals surface area contributed by atoms with Crippen LogP contribution in [0, 0.1) is 17.1 Å². The highest BCUT2D eigenvalue weighted by molar-refractivity contribution is 5.97. The number of halogens is 1. The third-order valence-corrected chi connectivity index (χ3v) is 2.00. The Labute approximate surface area is 110 Å². The molecule has 0 saturated carbocycles. The molecular formula is C13H13FN4O. The predicted octanol–water partition coefficient (Wildman–Crippen LogP) is 1.24. The summed E-state index contributed by atoms with van der Waals surface area (Å²) in [5.41, 5.74) is 2.80. The number of amides is 1. The van der Waals surface area contributed by atoms with Crippen LogP contribution in [0.3, 0.4) is 0 Å². The molecule has 1 aromatic rings. The van der Waals surface area contributed by atoms with Crippen LogP contribution in [0.4, 0.5) is 4.39 Å². The molecular weight excluding hydrogens is 247 g/mol. The summed E-state index contributed by atoms with van der Waals surface area (Å²) < 4.78 is 12.6. The number of hydrogen-bond acceptors (Lipinski definition) is 4. The number of nitrogens with zero attached hydrogens (tertiary/aromatic N) is 3. The van der Waals surface area contributed by atoms with Crippen molar-refractivity contribution in [1.82, 2.24) is 10.3 Å². The second kappa shape index (κ2) is 6.91. The van der Waals surface area contributed by atoms with Crippen LogP contribution >= 0.6 is 0 Å². The monoisotopic (exact) mass is 260 g/mol. The van der Waals surface area contributed by atoms with Gasteiger partial charge in [0.2, 0.25) is 0 Å². The average Bonchev–Trinajstić information content (AvgIpc) is 2.38. The molecule has 1 amide bonds. The highest BCUT2D eigenvalue weighted by Gasteiger charge is 2.07. The first-order valence-electron chi connectivity index (χ1n) is 5.40. The van der Waals surface area contributed by atoms with Crippen molar-refractivity contribution in [3.63, 3.8) is 0 Å². The van der Waals surface area contributed by atoms with E-state index in [0.29, 0.717) is 5.56 Å². The Morgan fingerprint density at radius 2 is 2.05 bits per heavy atom. The van der Waals surface area contributed by atoms with Gasteiger partial charge in [0.05, 0.1) is 6.21 Å². The minimum Gasteiger partial charge on any atom is -0.382 e. The maximum atomic E-state index is 12.6. The zero-order valence-corrected chi connectivity index (χ0v) is 10.6. The Kier molecular flexibility index (Phi) is 5.23. The molecule has 0 fully saturated rings.